The predicted molar refractivity (Wildman–Crippen MR) is 70.7 cm³/mol. The molecule has 19 heavy (non-hydrogen) atoms. The van der Waals surface area contributed by atoms with Gasteiger partial charge in [-0.15, -0.1) is 0 Å². The first kappa shape index (κ1) is 15.0. The van der Waals surface area contributed by atoms with E-state index in [0.717, 1.165) is 11.3 Å². The SMILES string of the molecule is CCOC(=O)CCC(=O)NCc1ccccc1OC. The number of hydrogen-bond donors (Lipinski definition) is 1. The standard InChI is InChI=1S/C14H19NO4/c1-3-19-14(17)9-8-13(16)15-10-11-6-4-5-7-12(11)18-2/h4-7H,3,8-10H2,1-2H3,(H,15,16). The fraction of sp³-hybridized carbons (Fsp3) is 0.429. The Hall–Kier alpha value is -2.04. The van der Waals surface area contributed by atoms with Crippen LogP contribution < -0.4 is 10.1 Å². The van der Waals surface area contributed by atoms with E-state index in [1.165, 1.54) is 0 Å². The maximum absolute atomic E-state index is 11.6. The van der Waals surface area contributed by atoms with Crippen molar-refractivity contribution in [2.75, 3.05) is 13.7 Å². The van der Waals surface area contributed by atoms with Crippen molar-refractivity contribution in [1.29, 1.82) is 0 Å². The van der Waals surface area contributed by atoms with Crippen LogP contribution >= 0.6 is 0 Å². The molecule has 104 valence electrons. The van der Waals surface area contributed by atoms with Gasteiger partial charge in [0.05, 0.1) is 20.1 Å². The summed E-state index contributed by atoms with van der Waals surface area (Å²) in [5.74, 6) is 0.196. The number of benzene rings is 1. The summed E-state index contributed by atoms with van der Waals surface area (Å²) in [6.07, 6.45) is 0.236. The summed E-state index contributed by atoms with van der Waals surface area (Å²) in [4.78, 5) is 22.7. The van der Waals surface area contributed by atoms with Crippen molar-refractivity contribution in [2.24, 2.45) is 0 Å². The maximum Gasteiger partial charge on any atom is 0.306 e. The highest BCUT2D eigenvalue weighted by molar-refractivity contribution is 5.81. The van der Waals surface area contributed by atoms with Gasteiger partial charge in [0.2, 0.25) is 5.91 Å². The Kier molecular flexibility index (Phi) is 6.43. The first-order valence-electron chi connectivity index (χ1n) is 6.21. The van der Waals surface area contributed by atoms with Gasteiger partial charge in [0.25, 0.3) is 0 Å². The van der Waals surface area contributed by atoms with E-state index < -0.39 is 0 Å². The number of hydrogen-bond acceptors (Lipinski definition) is 4. The van der Waals surface area contributed by atoms with Crippen LogP contribution in [0.4, 0.5) is 0 Å². The fourth-order valence-electron chi connectivity index (χ4n) is 1.58. The maximum atomic E-state index is 11.6. The van der Waals surface area contributed by atoms with Crippen molar-refractivity contribution in [2.45, 2.75) is 26.3 Å². The quantitative estimate of drug-likeness (QED) is 0.761. The van der Waals surface area contributed by atoms with Gasteiger partial charge in [-0.05, 0) is 13.0 Å². The molecule has 0 unspecified atom stereocenters. The Morgan fingerprint density at radius 3 is 2.63 bits per heavy atom. The molecule has 0 fully saturated rings. The molecule has 0 aliphatic rings. The molecule has 0 aliphatic carbocycles. The van der Waals surface area contributed by atoms with E-state index >= 15 is 0 Å². The molecular weight excluding hydrogens is 246 g/mol. The first-order valence-corrected chi connectivity index (χ1v) is 6.21. The molecule has 0 saturated heterocycles. The zero-order valence-corrected chi connectivity index (χ0v) is 11.3. The Balaban J connectivity index is 2.35. The highest BCUT2D eigenvalue weighted by Gasteiger charge is 2.08. The van der Waals surface area contributed by atoms with E-state index in [1.54, 1.807) is 14.0 Å². The van der Waals surface area contributed by atoms with Crippen molar-refractivity contribution in [3.8, 4) is 5.75 Å². The first-order chi connectivity index (χ1) is 9.17. The molecule has 1 amide bonds. The molecule has 1 aromatic rings. The second-order valence-corrected chi connectivity index (χ2v) is 3.89. The van der Waals surface area contributed by atoms with Crippen LogP contribution in [0.3, 0.4) is 0 Å². The lowest BCUT2D eigenvalue weighted by Gasteiger charge is -2.09. The summed E-state index contributed by atoms with van der Waals surface area (Å²) in [6, 6.07) is 7.46. The minimum atomic E-state index is -0.352. The van der Waals surface area contributed by atoms with E-state index in [9.17, 15) is 9.59 Å². The number of carbonyl (C=O) groups excluding carboxylic acids is 2. The molecule has 0 bridgehead atoms. The molecule has 0 atom stereocenters. The fourth-order valence-corrected chi connectivity index (χ4v) is 1.58. The number of para-hydroxylation sites is 1. The third-order valence-corrected chi connectivity index (χ3v) is 2.53. The summed E-state index contributed by atoms with van der Waals surface area (Å²) in [5, 5.41) is 2.74. The Bertz CT molecular complexity index is 431. The Morgan fingerprint density at radius 1 is 1.21 bits per heavy atom. The van der Waals surface area contributed by atoms with Crippen LogP contribution in [-0.2, 0) is 20.9 Å². The van der Waals surface area contributed by atoms with Gasteiger partial charge in [0.15, 0.2) is 0 Å². The summed E-state index contributed by atoms with van der Waals surface area (Å²) in [5.41, 5.74) is 0.898. The Labute approximate surface area is 112 Å². The van der Waals surface area contributed by atoms with Gasteiger partial charge in [-0.1, -0.05) is 18.2 Å². The van der Waals surface area contributed by atoms with Crippen molar-refractivity contribution < 1.29 is 19.1 Å². The van der Waals surface area contributed by atoms with E-state index in [4.69, 9.17) is 9.47 Å². The molecule has 0 spiro atoms. The molecule has 0 aliphatic heterocycles. The number of rotatable bonds is 7. The lowest BCUT2D eigenvalue weighted by molar-refractivity contribution is -0.144. The van der Waals surface area contributed by atoms with Crippen LogP contribution in [0.5, 0.6) is 5.75 Å². The van der Waals surface area contributed by atoms with Gasteiger partial charge in [0.1, 0.15) is 5.75 Å². The lowest BCUT2D eigenvalue weighted by Crippen LogP contribution is -2.23. The monoisotopic (exact) mass is 265 g/mol. The van der Waals surface area contributed by atoms with Crippen LogP contribution in [0, 0.1) is 0 Å². The largest absolute Gasteiger partial charge is 0.496 e. The van der Waals surface area contributed by atoms with Crippen molar-refractivity contribution in [3.63, 3.8) is 0 Å². The molecule has 1 N–H and O–H groups in total. The smallest absolute Gasteiger partial charge is 0.306 e. The molecule has 0 heterocycles. The highest BCUT2D eigenvalue weighted by Crippen LogP contribution is 2.16. The summed E-state index contributed by atoms with van der Waals surface area (Å²) in [6.45, 7) is 2.45. The van der Waals surface area contributed by atoms with Gasteiger partial charge in [-0.2, -0.15) is 0 Å². The molecule has 1 aromatic carbocycles. The van der Waals surface area contributed by atoms with Crippen LogP contribution in [0.1, 0.15) is 25.3 Å². The molecule has 5 nitrogen and oxygen atoms in total. The topological polar surface area (TPSA) is 64.6 Å². The van der Waals surface area contributed by atoms with E-state index in [0.29, 0.717) is 13.2 Å². The molecular formula is C14H19NO4. The summed E-state index contributed by atoms with van der Waals surface area (Å²) in [7, 11) is 1.58. The van der Waals surface area contributed by atoms with Crippen LogP contribution in [-0.4, -0.2) is 25.6 Å². The second-order valence-electron chi connectivity index (χ2n) is 3.89. The van der Waals surface area contributed by atoms with Crippen molar-refractivity contribution >= 4 is 11.9 Å². The Morgan fingerprint density at radius 2 is 1.95 bits per heavy atom. The minimum Gasteiger partial charge on any atom is -0.496 e. The number of ether oxygens (including phenoxy) is 2. The van der Waals surface area contributed by atoms with Gasteiger partial charge >= 0.3 is 5.97 Å². The van der Waals surface area contributed by atoms with Crippen molar-refractivity contribution in [3.05, 3.63) is 29.8 Å². The third kappa shape index (κ3) is 5.42. The number of esters is 1. The van der Waals surface area contributed by atoms with Crippen LogP contribution in [0.15, 0.2) is 24.3 Å². The van der Waals surface area contributed by atoms with Gasteiger partial charge < -0.3 is 14.8 Å². The van der Waals surface area contributed by atoms with Crippen LogP contribution in [0.2, 0.25) is 0 Å². The van der Waals surface area contributed by atoms with Gasteiger partial charge in [0, 0.05) is 18.5 Å². The predicted octanol–water partition coefficient (Wildman–Crippen LogP) is 1.65. The van der Waals surface area contributed by atoms with E-state index in [2.05, 4.69) is 5.32 Å². The van der Waals surface area contributed by atoms with Crippen LogP contribution in [0.25, 0.3) is 0 Å². The third-order valence-electron chi connectivity index (χ3n) is 2.53. The number of carbonyl (C=O) groups is 2. The zero-order valence-electron chi connectivity index (χ0n) is 11.3. The molecule has 0 saturated carbocycles. The minimum absolute atomic E-state index is 0.103. The lowest BCUT2D eigenvalue weighted by atomic mass is 10.2. The summed E-state index contributed by atoms with van der Waals surface area (Å²) < 4.78 is 9.93. The number of amides is 1. The molecule has 5 heteroatoms. The highest BCUT2D eigenvalue weighted by atomic mass is 16.5. The number of methoxy groups -OCH3 is 1. The summed E-state index contributed by atoms with van der Waals surface area (Å²) >= 11 is 0. The molecule has 0 aromatic heterocycles. The molecule has 0 radical (unpaired) electrons. The van der Waals surface area contributed by atoms with E-state index in [-0.39, 0.29) is 24.7 Å². The molecule has 1 rings (SSSR count). The second kappa shape index (κ2) is 8.13. The van der Waals surface area contributed by atoms with Gasteiger partial charge in [-0.3, -0.25) is 9.59 Å². The van der Waals surface area contributed by atoms with Crippen molar-refractivity contribution in [1.82, 2.24) is 5.32 Å². The average molecular weight is 265 g/mol. The number of nitrogens with one attached hydrogen (secondary N) is 1. The van der Waals surface area contributed by atoms with Gasteiger partial charge in [-0.25, -0.2) is 0 Å². The zero-order chi connectivity index (χ0) is 14.1. The average Bonchev–Trinajstić information content (AvgIpc) is 2.43. The van der Waals surface area contributed by atoms with E-state index in [1.807, 2.05) is 24.3 Å². The normalized spacial score (nSPS) is 9.79.